The summed E-state index contributed by atoms with van der Waals surface area (Å²) in [6.45, 7) is 9.16. The molecule has 0 aromatic rings. The van der Waals surface area contributed by atoms with Crippen molar-refractivity contribution in [2.24, 2.45) is 17.3 Å². The van der Waals surface area contributed by atoms with Gasteiger partial charge in [-0.05, 0) is 11.3 Å². The molecule has 3 nitrogen and oxygen atoms in total. The van der Waals surface area contributed by atoms with E-state index < -0.39 is 18.0 Å². The van der Waals surface area contributed by atoms with Crippen LogP contribution < -0.4 is 0 Å². The number of carboxylic acid groups (broad SMARTS) is 1. The number of carbonyl (C=O) groups is 1. The maximum Gasteiger partial charge on any atom is 0.309 e. The summed E-state index contributed by atoms with van der Waals surface area (Å²) in [5.74, 6) is -1.65. The molecular formula is C10H20O3. The van der Waals surface area contributed by atoms with Crippen molar-refractivity contribution in [2.75, 3.05) is 0 Å². The Morgan fingerprint density at radius 2 is 1.62 bits per heavy atom. The highest BCUT2D eigenvalue weighted by Gasteiger charge is 2.36. The van der Waals surface area contributed by atoms with E-state index in [0.717, 1.165) is 0 Å². The van der Waals surface area contributed by atoms with Gasteiger partial charge in [0.1, 0.15) is 0 Å². The summed E-state index contributed by atoms with van der Waals surface area (Å²) >= 11 is 0. The van der Waals surface area contributed by atoms with Crippen molar-refractivity contribution in [1.29, 1.82) is 0 Å². The Hall–Kier alpha value is -0.570. The first-order valence-corrected chi connectivity index (χ1v) is 4.58. The van der Waals surface area contributed by atoms with Gasteiger partial charge in [-0.3, -0.25) is 4.79 Å². The number of aliphatic hydroxyl groups is 1. The quantitative estimate of drug-likeness (QED) is 0.709. The van der Waals surface area contributed by atoms with E-state index in [9.17, 15) is 9.90 Å². The lowest BCUT2D eigenvalue weighted by Crippen LogP contribution is -2.40. The van der Waals surface area contributed by atoms with Crippen LogP contribution in [-0.4, -0.2) is 22.3 Å². The van der Waals surface area contributed by atoms with Crippen molar-refractivity contribution in [3.05, 3.63) is 0 Å². The molecular weight excluding hydrogens is 168 g/mol. The summed E-state index contributed by atoms with van der Waals surface area (Å²) in [6, 6.07) is 0. The second-order valence-corrected chi connectivity index (χ2v) is 4.92. The zero-order chi connectivity index (χ0) is 10.8. The van der Waals surface area contributed by atoms with Gasteiger partial charge >= 0.3 is 5.97 Å². The second-order valence-electron chi connectivity index (χ2n) is 4.92. The average molecular weight is 188 g/mol. The summed E-state index contributed by atoms with van der Waals surface area (Å²) < 4.78 is 0. The zero-order valence-electron chi connectivity index (χ0n) is 9.03. The van der Waals surface area contributed by atoms with E-state index in [-0.39, 0.29) is 11.3 Å². The highest BCUT2D eigenvalue weighted by atomic mass is 16.4. The number of rotatable bonds is 3. The molecule has 78 valence electrons. The van der Waals surface area contributed by atoms with Gasteiger partial charge in [-0.2, -0.15) is 0 Å². The van der Waals surface area contributed by atoms with Crippen LogP contribution in [0.3, 0.4) is 0 Å². The average Bonchev–Trinajstić information content (AvgIpc) is 1.82. The van der Waals surface area contributed by atoms with Crippen molar-refractivity contribution in [2.45, 2.75) is 40.7 Å². The lowest BCUT2D eigenvalue weighted by Gasteiger charge is -2.32. The lowest BCUT2D eigenvalue weighted by molar-refractivity contribution is -0.151. The van der Waals surface area contributed by atoms with Crippen LogP contribution in [0.25, 0.3) is 0 Å². The number of hydrogen-bond acceptors (Lipinski definition) is 2. The summed E-state index contributed by atoms with van der Waals surface area (Å²) in [5.41, 5.74) is -0.382. The van der Waals surface area contributed by atoms with Crippen LogP contribution in [0.15, 0.2) is 0 Å². The molecule has 0 radical (unpaired) electrons. The predicted octanol–water partition coefficient (Wildman–Crippen LogP) is 1.75. The molecule has 3 heteroatoms. The van der Waals surface area contributed by atoms with E-state index in [2.05, 4.69) is 0 Å². The fraction of sp³-hybridized carbons (Fsp3) is 0.900. The first-order chi connectivity index (χ1) is 5.68. The standard InChI is InChI=1S/C10H20O3/c1-6(2)7(9(12)13)8(11)10(3,4)5/h6-8,11H,1-5H3,(H,12,13). The maximum absolute atomic E-state index is 10.9. The summed E-state index contributed by atoms with van der Waals surface area (Å²) in [4.78, 5) is 10.9. The smallest absolute Gasteiger partial charge is 0.309 e. The number of aliphatic carboxylic acids is 1. The molecule has 0 saturated carbocycles. The molecule has 0 aromatic carbocycles. The Labute approximate surface area is 79.8 Å². The van der Waals surface area contributed by atoms with Crippen molar-refractivity contribution in [3.63, 3.8) is 0 Å². The first kappa shape index (κ1) is 12.4. The fourth-order valence-electron chi connectivity index (χ4n) is 1.32. The van der Waals surface area contributed by atoms with E-state index in [1.165, 1.54) is 0 Å². The van der Waals surface area contributed by atoms with E-state index in [1.54, 1.807) is 0 Å². The first-order valence-electron chi connectivity index (χ1n) is 4.58. The lowest BCUT2D eigenvalue weighted by atomic mass is 9.77. The molecule has 2 unspecified atom stereocenters. The number of carboxylic acids is 1. The van der Waals surface area contributed by atoms with Crippen LogP contribution >= 0.6 is 0 Å². The maximum atomic E-state index is 10.9. The van der Waals surface area contributed by atoms with Crippen molar-refractivity contribution in [3.8, 4) is 0 Å². The number of hydrogen-bond donors (Lipinski definition) is 2. The zero-order valence-corrected chi connectivity index (χ0v) is 9.03. The van der Waals surface area contributed by atoms with E-state index >= 15 is 0 Å². The predicted molar refractivity (Wildman–Crippen MR) is 51.4 cm³/mol. The molecule has 2 atom stereocenters. The minimum Gasteiger partial charge on any atom is -0.481 e. The third-order valence-electron chi connectivity index (χ3n) is 2.23. The molecule has 0 aromatic heterocycles. The van der Waals surface area contributed by atoms with Gasteiger partial charge in [-0.1, -0.05) is 34.6 Å². The SMILES string of the molecule is CC(C)C(C(=O)O)C(O)C(C)(C)C. The minimum atomic E-state index is -0.919. The van der Waals surface area contributed by atoms with Crippen LogP contribution in [0, 0.1) is 17.3 Å². The molecule has 0 fully saturated rings. The van der Waals surface area contributed by atoms with Crippen LogP contribution in [0.1, 0.15) is 34.6 Å². The van der Waals surface area contributed by atoms with Gasteiger partial charge in [-0.15, -0.1) is 0 Å². The largest absolute Gasteiger partial charge is 0.481 e. The molecule has 0 heterocycles. The van der Waals surface area contributed by atoms with Gasteiger partial charge in [0.15, 0.2) is 0 Å². The fourth-order valence-corrected chi connectivity index (χ4v) is 1.32. The Morgan fingerprint density at radius 3 is 1.69 bits per heavy atom. The highest BCUT2D eigenvalue weighted by molar-refractivity contribution is 5.71. The molecule has 0 spiro atoms. The molecule has 0 aliphatic heterocycles. The van der Waals surface area contributed by atoms with Gasteiger partial charge in [0.2, 0.25) is 0 Å². The molecule has 0 aliphatic rings. The minimum absolute atomic E-state index is 0.0493. The second kappa shape index (κ2) is 4.09. The topological polar surface area (TPSA) is 57.5 Å². The van der Waals surface area contributed by atoms with Crippen LogP contribution in [0.5, 0.6) is 0 Å². The van der Waals surface area contributed by atoms with E-state index in [1.807, 2.05) is 34.6 Å². The molecule has 0 amide bonds. The van der Waals surface area contributed by atoms with Gasteiger partial charge in [0, 0.05) is 0 Å². The molecule has 0 aliphatic carbocycles. The van der Waals surface area contributed by atoms with Gasteiger partial charge < -0.3 is 10.2 Å². The van der Waals surface area contributed by atoms with Crippen LogP contribution in [-0.2, 0) is 4.79 Å². The van der Waals surface area contributed by atoms with Crippen molar-refractivity contribution < 1.29 is 15.0 Å². The van der Waals surface area contributed by atoms with E-state index in [0.29, 0.717) is 0 Å². The van der Waals surface area contributed by atoms with Gasteiger partial charge in [0.25, 0.3) is 0 Å². The van der Waals surface area contributed by atoms with Crippen molar-refractivity contribution in [1.82, 2.24) is 0 Å². The Kier molecular flexibility index (Phi) is 3.91. The normalized spacial score (nSPS) is 17.2. The monoisotopic (exact) mass is 188 g/mol. The van der Waals surface area contributed by atoms with Gasteiger partial charge in [-0.25, -0.2) is 0 Å². The third kappa shape index (κ3) is 3.35. The Morgan fingerprint density at radius 1 is 1.23 bits per heavy atom. The summed E-state index contributed by atoms with van der Waals surface area (Å²) in [5, 5.41) is 18.7. The summed E-state index contributed by atoms with van der Waals surface area (Å²) in [7, 11) is 0. The van der Waals surface area contributed by atoms with Crippen LogP contribution in [0.4, 0.5) is 0 Å². The highest BCUT2D eigenvalue weighted by Crippen LogP contribution is 2.29. The molecule has 2 N–H and O–H groups in total. The third-order valence-corrected chi connectivity index (χ3v) is 2.23. The van der Waals surface area contributed by atoms with Gasteiger partial charge in [0.05, 0.1) is 12.0 Å². The summed E-state index contributed by atoms with van der Waals surface area (Å²) in [6.07, 6.45) is -0.801. The Bertz CT molecular complexity index is 179. The molecule has 0 rings (SSSR count). The van der Waals surface area contributed by atoms with E-state index in [4.69, 9.17) is 5.11 Å². The number of aliphatic hydroxyl groups excluding tert-OH is 1. The molecule has 13 heavy (non-hydrogen) atoms. The molecule has 0 bridgehead atoms. The van der Waals surface area contributed by atoms with Crippen molar-refractivity contribution >= 4 is 5.97 Å². The van der Waals surface area contributed by atoms with Crippen LogP contribution in [0.2, 0.25) is 0 Å². The molecule has 0 saturated heterocycles. The Balaban J connectivity index is 4.67.